The molecule has 0 aliphatic rings. The molecule has 4 heteroatoms. The summed E-state index contributed by atoms with van der Waals surface area (Å²) < 4.78 is 10.3. The van der Waals surface area contributed by atoms with Gasteiger partial charge in [-0.2, -0.15) is 0 Å². The molecule has 0 aliphatic carbocycles. The summed E-state index contributed by atoms with van der Waals surface area (Å²) >= 11 is 5.95. The molecule has 0 saturated carbocycles. The van der Waals surface area contributed by atoms with Crippen molar-refractivity contribution in [3.63, 3.8) is 0 Å². The van der Waals surface area contributed by atoms with Gasteiger partial charge in [-0.1, -0.05) is 11.6 Å². The van der Waals surface area contributed by atoms with E-state index >= 15 is 0 Å². The summed E-state index contributed by atoms with van der Waals surface area (Å²) in [5, 5.41) is 9.59. The highest BCUT2D eigenvalue weighted by molar-refractivity contribution is 6.31. The number of halogens is 1. The number of methoxy groups -OCH3 is 2. The zero-order valence-corrected chi connectivity index (χ0v) is 9.18. The minimum absolute atomic E-state index is 0.106. The van der Waals surface area contributed by atoms with Crippen LogP contribution in [0.3, 0.4) is 0 Å². The Morgan fingerprint density at radius 2 is 2.00 bits per heavy atom. The van der Waals surface area contributed by atoms with Crippen molar-refractivity contribution in [1.82, 2.24) is 0 Å². The van der Waals surface area contributed by atoms with Gasteiger partial charge in [-0.15, -0.1) is 0 Å². The van der Waals surface area contributed by atoms with E-state index in [0.29, 0.717) is 22.1 Å². The second-order valence-electron chi connectivity index (χ2n) is 2.86. The van der Waals surface area contributed by atoms with E-state index in [-0.39, 0.29) is 6.61 Å². The molecule has 0 bridgehead atoms. The molecule has 0 amide bonds. The molecule has 0 atom stereocenters. The van der Waals surface area contributed by atoms with Crippen molar-refractivity contribution in [2.45, 2.75) is 13.5 Å². The minimum Gasteiger partial charge on any atom is -0.493 e. The average molecular weight is 217 g/mol. The Morgan fingerprint density at radius 1 is 1.36 bits per heavy atom. The summed E-state index contributed by atoms with van der Waals surface area (Å²) in [4.78, 5) is 0. The summed E-state index contributed by atoms with van der Waals surface area (Å²) in [6, 6.07) is 1.64. The summed E-state index contributed by atoms with van der Waals surface area (Å²) in [5.41, 5.74) is 1.48. The average Bonchev–Trinajstić information content (AvgIpc) is 2.17. The lowest BCUT2D eigenvalue weighted by molar-refractivity contribution is 0.279. The highest BCUT2D eigenvalue weighted by Crippen LogP contribution is 2.37. The molecule has 14 heavy (non-hydrogen) atoms. The molecule has 1 aromatic rings. The molecule has 78 valence electrons. The van der Waals surface area contributed by atoms with E-state index in [1.165, 1.54) is 0 Å². The fourth-order valence-corrected chi connectivity index (χ4v) is 1.67. The van der Waals surface area contributed by atoms with Gasteiger partial charge in [0.05, 0.1) is 25.8 Å². The standard InChI is InChI=1S/C10H13ClO3/c1-6-7(5-12)8(11)4-9(13-2)10(6)14-3/h4,12H,5H2,1-3H3. The van der Waals surface area contributed by atoms with Gasteiger partial charge in [0.15, 0.2) is 11.5 Å². The van der Waals surface area contributed by atoms with Gasteiger partial charge in [0, 0.05) is 17.2 Å². The lowest BCUT2D eigenvalue weighted by atomic mass is 10.1. The highest BCUT2D eigenvalue weighted by atomic mass is 35.5. The topological polar surface area (TPSA) is 38.7 Å². The van der Waals surface area contributed by atoms with Crippen LogP contribution in [-0.4, -0.2) is 19.3 Å². The molecule has 1 rings (SSSR count). The van der Waals surface area contributed by atoms with Crippen molar-refractivity contribution in [2.24, 2.45) is 0 Å². The van der Waals surface area contributed by atoms with Gasteiger partial charge in [-0.3, -0.25) is 0 Å². The minimum atomic E-state index is -0.106. The first-order chi connectivity index (χ1) is 6.65. The largest absolute Gasteiger partial charge is 0.493 e. The van der Waals surface area contributed by atoms with Gasteiger partial charge in [0.2, 0.25) is 0 Å². The highest BCUT2D eigenvalue weighted by Gasteiger charge is 2.14. The molecule has 1 aromatic carbocycles. The fraction of sp³-hybridized carbons (Fsp3) is 0.400. The normalized spacial score (nSPS) is 10.1. The van der Waals surface area contributed by atoms with E-state index < -0.39 is 0 Å². The number of ether oxygens (including phenoxy) is 2. The van der Waals surface area contributed by atoms with Crippen LogP contribution < -0.4 is 9.47 Å². The van der Waals surface area contributed by atoms with Gasteiger partial charge in [-0.25, -0.2) is 0 Å². The zero-order chi connectivity index (χ0) is 10.7. The van der Waals surface area contributed by atoms with Crippen LogP contribution in [0.15, 0.2) is 6.07 Å². The number of hydrogen-bond donors (Lipinski definition) is 1. The SMILES string of the molecule is COc1cc(Cl)c(CO)c(C)c1OC. The molecule has 0 heterocycles. The van der Waals surface area contributed by atoms with Crippen LogP contribution in [0.2, 0.25) is 5.02 Å². The van der Waals surface area contributed by atoms with Gasteiger partial charge >= 0.3 is 0 Å². The summed E-state index contributed by atoms with van der Waals surface area (Å²) in [7, 11) is 3.10. The predicted molar refractivity (Wildman–Crippen MR) is 55.2 cm³/mol. The van der Waals surface area contributed by atoms with E-state index in [1.54, 1.807) is 20.3 Å². The van der Waals surface area contributed by atoms with E-state index in [1.807, 2.05) is 6.92 Å². The number of benzene rings is 1. The van der Waals surface area contributed by atoms with Crippen LogP contribution in [0, 0.1) is 6.92 Å². The van der Waals surface area contributed by atoms with E-state index in [4.69, 9.17) is 26.2 Å². The molecular weight excluding hydrogens is 204 g/mol. The Hall–Kier alpha value is -0.930. The molecule has 0 spiro atoms. The third-order valence-corrected chi connectivity index (χ3v) is 2.48. The van der Waals surface area contributed by atoms with Gasteiger partial charge < -0.3 is 14.6 Å². The van der Waals surface area contributed by atoms with Crippen molar-refractivity contribution in [1.29, 1.82) is 0 Å². The van der Waals surface area contributed by atoms with E-state index in [2.05, 4.69) is 0 Å². The lowest BCUT2D eigenvalue weighted by Gasteiger charge is -2.14. The Labute approximate surface area is 88.2 Å². The third kappa shape index (κ3) is 1.79. The molecule has 0 aromatic heterocycles. The van der Waals surface area contributed by atoms with Crippen molar-refractivity contribution < 1.29 is 14.6 Å². The van der Waals surface area contributed by atoms with Crippen molar-refractivity contribution >= 4 is 11.6 Å². The van der Waals surface area contributed by atoms with Gasteiger partial charge in [0.25, 0.3) is 0 Å². The summed E-state index contributed by atoms with van der Waals surface area (Å²) in [5.74, 6) is 1.19. The first kappa shape index (κ1) is 11.1. The zero-order valence-electron chi connectivity index (χ0n) is 8.43. The van der Waals surface area contributed by atoms with Crippen molar-refractivity contribution in [3.05, 3.63) is 22.2 Å². The van der Waals surface area contributed by atoms with Gasteiger partial charge in [0.1, 0.15) is 0 Å². The Bertz CT molecular complexity index is 337. The predicted octanol–water partition coefficient (Wildman–Crippen LogP) is 2.16. The molecule has 0 fully saturated rings. The molecule has 1 N–H and O–H groups in total. The molecule has 0 unspecified atom stereocenters. The smallest absolute Gasteiger partial charge is 0.164 e. The van der Waals surface area contributed by atoms with E-state index in [9.17, 15) is 0 Å². The summed E-state index contributed by atoms with van der Waals surface area (Å²) in [6.07, 6.45) is 0. The maximum absolute atomic E-state index is 9.10. The second-order valence-corrected chi connectivity index (χ2v) is 3.26. The number of aliphatic hydroxyl groups is 1. The Morgan fingerprint density at radius 3 is 2.43 bits per heavy atom. The molecule has 3 nitrogen and oxygen atoms in total. The van der Waals surface area contributed by atoms with E-state index in [0.717, 1.165) is 5.56 Å². The van der Waals surface area contributed by atoms with Crippen LogP contribution in [-0.2, 0) is 6.61 Å². The monoisotopic (exact) mass is 216 g/mol. The molecular formula is C10H13ClO3. The van der Waals surface area contributed by atoms with Crippen LogP contribution in [0.1, 0.15) is 11.1 Å². The van der Waals surface area contributed by atoms with Gasteiger partial charge in [-0.05, 0) is 6.92 Å². The Kier molecular flexibility index (Phi) is 3.61. The van der Waals surface area contributed by atoms with Crippen LogP contribution in [0.25, 0.3) is 0 Å². The van der Waals surface area contributed by atoms with Crippen LogP contribution in [0.5, 0.6) is 11.5 Å². The third-order valence-electron chi connectivity index (χ3n) is 2.15. The first-order valence-electron chi connectivity index (χ1n) is 4.16. The number of rotatable bonds is 3. The molecule has 0 saturated heterocycles. The second kappa shape index (κ2) is 4.53. The van der Waals surface area contributed by atoms with Crippen LogP contribution in [0.4, 0.5) is 0 Å². The fourth-order valence-electron chi connectivity index (χ4n) is 1.37. The Balaban J connectivity index is 3.39. The van der Waals surface area contributed by atoms with Crippen molar-refractivity contribution in [2.75, 3.05) is 14.2 Å². The number of hydrogen-bond acceptors (Lipinski definition) is 3. The maximum Gasteiger partial charge on any atom is 0.164 e. The first-order valence-corrected chi connectivity index (χ1v) is 4.54. The number of aliphatic hydroxyl groups excluding tert-OH is 1. The van der Waals surface area contributed by atoms with Crippen LogP contribution >= 0.6 is 11.6 Å². The maximum atomic E-state index is 9.10. The summed E-state index contributed by atoms with van der Waals surface area (Å²) in [6.45, 7) is 1.73. The van der Waals surface area contributed by atoms with Crippen molar-refractivity contribution in [3.8, 4) is 11.5 Å². The molecule has 0 radical (unpaired) electrons. The lowest BCUT2D eigenvalue weighted by Crippen LogP contribution is -1.98. The quantitative estimate of drug-likeness (QED) is 0.842. The molecule has 0 aliphatic heterocycles.